The molecule has 7 heteroatoms. The number of aryl methyl sites for hydroxylation is 1. The van der Waals surface area contributed by atoms with Gasteiger partial charge in [0.05, 0.1) is 6.54 Å². The standard InChI is InChI=1S/C8H10N6O/c1-13-3-2-10-7(8(13)15)14-5-11-6(4-9)12-14/h2-3,5H,4,9H2,1H3. The molecule has 0 aliphatic carbocycles. The van der Waals surface area contributed by atoms with Crippen LogP contribution >= 0.6 is 0 Å². The van der Waals surface area contributed by atoms with Crippen LogP contribution in [0.3, 0.4) is 0 Å². The molecule has 15 heavy (non-hydrogen) atoms. The molecule has 0 aliphatic rings. The van der Waals surface area contributed by atoms with Crippen LogP contribution in [0, 0.1) is 0 Å². The maximum Gasteiger partial charge on any atom is 0.295 e. The van der Waals surface area contributed by atoms with E-state index in [1.807, 2.05) is 0 Å². The molecule has 0 radical (unpaired) electrons. The molecule has 2 rings (SSSR count). The molecule has 0 saturated carbocycles. The summed E-state index contributed by atoms with van der Waals surface area (Å²) in [6.45, 7) is 0.236. The predicted octanol–water partition coefficient (Wildman–Crippen LogP) is -1.18. The van der Waals surface area contributed by atoms with Crippen molar-refractivity contribution in [3.8, 4) is 5.82 Å². The van der Waals surface area contributed by atoms with E-state index in [2.05, 4.69) is 15.1 Å². The van der Waals surface area contributed by atoms with E-state index < -0.39 is 0 Å². The van der Waals surface area contributed by atoms with Crippen LogP contribution in [0.4, 0.5) is 0 Å². The van der Waals surface area contributed by atoms with Gasteiger partial charge >= 0.3 is 0 Å². The molecular weight excluding hydrogens is 196 g/mol. The van der Waals surface area contributed by atoms with Gasteiger partial charge in [0, 0.05) is 19.4 Å². The molecule has 0 bridgehead atoms. The minimum atomic E-state index is -0.231. The maximum absolute atomic E-state index is 11.6. The third kappa shape index (κ3) is 1.64. The lowest BCUT2D eigenvalue weighted by atomic mass is 10.6. The van der Waals surface area contributed by atoms with E-state index in [0.29, 0.717) is 5.82 Å². The Balaban J connectivity index is 2.54. The quantitative estimate of drug-likeness (QED) is 0.667. The van der Waals surface area contributed by atoms with Crippen molar-refractivity contribution in [1.82, 2.24) is 24.3 Å². The fraction of sp³-hybridized carbons (Fsp3) is 0.250. The van der Waals surface area contributed by atoms with Gasteiger partial charge in [0.15, 0.2) is 5.82 Å². The van der Waals surface area contributed by atoms with Crippen LogP contribution < -0.4 is 11.3 Å². The van der Waals surface area contributed by atoms with E-state index in [-0.39, 0.29) is 17.9 Å². The molecule has 0 aliphatic heterocycles. The molecule has 0 amide bonds. The van der Waals surface area contributed by atoms with Crippen molar-refractivity contribution in [1.29, 1.82) is 0 Å². The molecule has 2 heterocycles. The average Bonchev–Trinajstić information content (AvgIpc) is 2.70. The van der Waals surface area contributed by atoms with Crippen LogP contribution in [0.1, 0.15) is 5.82 Å². The summed E-state index contributed by atoms with van der Waals surface area (Å²) in [4.78, 5) is 19.5. The van der Waals surface area contributed by atoms with Gasteiger partial charge in [-0.1, -0.05) is 0 Å². The number of nitrogens with two attached hydrogens (primary N) is 1. The van der Waals surface area contributed by atoms with Crippen molar-refractivity contribution in [2.24, 2.45) is 12.8 Å². The Morgan fingerprint density at radius 2 is 2.27 bits per heavy atom. The smallest absolute Gasteiger partial charge is 0.295 e. The van der Waals surface area contributed by atoms with E-state index in [1.54, 1.807) is 13.2 Å². The first-order valence-electron chi connectivity index (χ1n) is 4.35. The van der Waals surface area contributed by atoms with Gasteiger partial charge in [-0.2, -0.15) is 4.68 Å². The van der Waals surface area contributed by atoms with Gasteiger partial charge in [-0.3, -0.25) is 4.79 Å². The van der Waals surface area contributed by atoms with Gasteiger partial charge in [-0.15, -0.1) is 5.10 Å². The van der Waals surface area contributed by atoms with Gasteiger partial charge in [0.2, 0.25) is 5.82 Å². The van der Waals surface area contributed by atoms with Crippen LogP contribution in [0.5, 0.6) is 0 Å². The Bertz CT molecular complexity index is 528. The van der Waals surface area contributed by atoms with Gasteiger partial charge < -0.3 is 10.3 Å². The molecular formula is C8H10N6O. The lowest BCUT2D eigenvalue weighted by molar-refractivity contribution is 0.753. The zero-order valence-corrected chi connectivity index (χ0v) is 8.16. The second-order valence-corrected chi connectivity index (χ2v) is 2.98. The second-order valence-electron chi connectivity index (χ2n) is 2.98. The molecule has 0 fully saturated rings. The Morgan fingerprint density at radius 3 is 2.93 bits per heavy atom. The van der Waals surface area contributed by atoms with Crippen molar-refractivity contribution in [3.63, 3.8) is 0 Å². The molecule has 7 nitrogen and oxygen atoms in total. The molecule has 78 valence electrons. The normalized spacial score (nSPS) is 10.5. The minimum Gasteiger partial charge on any atom is -0.324 e. The molecule has 0 spiro atoms. The van der Waals surface area contributed by atoms with E-state index in [1.165, 1.54) is 21.8 Å². The highest BCUT2D eigenvalue weighted by Gasteiger charge is 2.07. The maximum atomic E-state index is 11.6. The average molecular weight is 206 g/mol. The van der Waals surface area contributed by atoms with E-state index >= 15 is 0 Å². The molecule has 2 aromatic heterocycles. The summed E-state index contributed by atoms with van der Waals surface area (Å²) in [5.41, 5.74) is 5.14. The highest BCUT2D eigenvalue weighted by molar-refractivity contribution is 5.15. The molecule has 0 unspecified atom stereocenters. The third-order valence-electron chi connectivity index (χ3n) is 1.94. The number of nitrogens with zero attached hydrogens (tertiary/aromatic N) is 5. The van der Waals surface area contributed by atoms with Crippen molar-refractivity contribution in [2.75, 3.05) is 0 Å². The van der Waals surface area contributed by atoms with E-state index in [0.717, 1.165) is 0 Å². The zero-order valence-electron chi connectivity index (χ0n) is 8.16. The number of hydrogen-bond donors (Lipinski definition) is 1. The third-order valence-corrected chi connectivity index (χ3v) is 1.94. The first kappa shape index (κ1) is 9.53. The summed E-state index contributed by atoms with van der Waals surface area (Å²) in [5.74, 6) is 0.690. The van der Waals surface area contributed by atoms with Crippen molar-refractivity contribution < 1.29 is 0 Å². The number of hydrogen-bond acceptors (Lipinski definition) is 5. The lowest BCUT2D eigenvalue weighted by Gasteiger charge is -2.00. The Labute approximate surface area is 85.2 Å². The summed E-state index contributed by atoms with van der Waals surface area (Å²) < 4.78 is 2.75. The van der Waals surface area contributed by atoms with Crippen molar-refractivity contribution in [2.45, 2.75) is 6.54 Å². The Morgan fingerprint density at radius 1 is 1.47 bits per heavy atom. The van der Waals surface area contributed by atoms with Crippen LogP contribution in [0.15, 0.2) is 23.5 Å². The topological polar surface area (TPSA) is 91.6 Å². The molecule has 0 aromatic carbocycles. The van der Waals surface area contributed by atoms with Crippen LogP contribution in [0.25, 0.3) is 5.82 Å². The fourth-order valence-electron chi connectivity index (χ4n) is 1.13. The number of rotatable bonds is 2. The van der Waals surface area contributed by atoms with Gasteiger partial charge in [0.25, 0.3) is 5.56 Å². The summed E-state index contributed by atoms with van der Waals surface area (Å²) >= 11 is 0. The highest BCUT2D eigenvalue weighted by atomic mass is 16.1. The first-order chi connectivity index (χ1) is 7.22. The van der Waals surface area contributed by atoms with Crippen LogP contribution in [-0.4, -0.2) is 24.3 Å². The van der Waals surface area contributed by atoms with E-state index in [9.17, 15) is 4.79 Å². The van der Waals surface area contributed by atoms with Crippen LogP contribution in [0.2, 0.25) is 0 Å². The van der Waals surface area contributed by atoms with Crippen molar-refractivity contribution in [3.05, 3.63) is 34.9 Å². The van der Waals surface area contributed by atoms with Gasteiger partial charge in [0.1, 0.15) is 6.33 Å². The molecule has 0 atom stereocenters. The first-order valence-corrected chi connectivity index (χ1v) is 4.35. The SMILES string of the molecule is Cn1ccnc(-n2cnc(CN)n2)c1=O. The summed E-state index contributed by atoms with van der Waals surface area (Å²) in [7, 11) is 1.65. The fourth-order valence-corrected chi connectivity index (χ4v) is 1.13. The summed E-state index contributed by atoms with van der Waals surface area (Å²) in [6, 6.07) is 0. The Kier molecular flexibility index (Phi) is 2.30. The highest BCUT2D eigenvalue weighted by Crippen LogP contribution is 1.94. The largest absolute Gasteiger partial charge is 0.324 e. The number of aromatic nitrogens is 5. The van der Waals surface area contributed by atoms with E-state index in [4.69, 9.17) is 5.73 Å². The molecule has 2 aromatic rings. The lowest BCUT2D eigenvalue weighted by Crippen LogP contribution is -2.23. The predicted molar refractivity (Wildman–Crippen MR) is 52.3 cm³/mol. The van der Waals surface area contributed by atoms with Gasteiger partial charge in [-0.25, -0.2) is 9.97 Å². The summed E-state index contributed by atoms with van der Waals surface area (Å²) in [6.07, 6.45) is 4.53. The minimum absolute atomic E-state index is 0.215. The Hall–Kier alpha value is -2.02. The molecule has 0 saturated heterocycles. The molecule has 2 N–H and O–H groups in total. The van der Waals surface area contributed by atoms with Crippen molar-refractivity contribution >= 4 is 0 Å². The van der Waals surface area contributed by atoms with Crippen LogP contribution in [-0.2, 0) is 13.6 Å². The monoisotopic (exact) mass is 206 g/mol. The zero-order chi connectivity index (χ0) is 10.8. The van der Waals surface area contributed by atoms with Gasteiger partial charge in [-0.05, 0) is 0 Å². The second kappa shape index (κ2) is 3.62. The summed E-state index contributed by atoms with van der Waals surface area (Å²) in [5, 5.41) is 4.01.